The van der Waals surface area contributed by atoms with E-state index in [0.717, 1.165) is 28.2 Å². The van der Waals surface area contributed by atoms with Gasteiger partial charge < -0.3 is 9.80 Å². The molecule has 3 nitrogen and oxygen atoms in total. The van der Waals surface area contributed by atoms with Crippen molar-refractivity contribution in [2.45, 2.75) is 13.5 Å². The van der Waals surface area contributed by atoms with Gasteiger partial charge in [0.1, 0.15) is 0 Å². The van der Waals surface area contributed by atoms with E-state index in [1.165, 1.54) is 11.1 Å². The third kappa shape index (κ3) is 3.38. The topological polar surface area (TPSA) is 23.6 Å². The lowest BCUT2D eigenvalue weighted by Gasteiger charge is -2.24. The van der Waals surface area contributed by atoms with Crippen LogP contribution in [0.1, 0.15) is 21.5 Å². The first-order valence-corrected chi connectivity index (χ1v) is 10.5. The first-order chi connectivity index (χ1) is 15.1. The van der Waals surface area contributed by atoms with E-state index in [1.54, 1.807) is 0 Å². The lowest BCUT2D eigenvalue weighted by molar-refractivity contribution is 0.0985. The fourth-order valence-electron chi connectivity index (χ4n) is 4.36. The van der Waals surface area contributed by atoms with Gasteiger partial charge in [0, 0.05) is 18.3 Å². The van der Waals surface area contributed by atoms with Gasteiger partial charge in [-0.3, -0.25) is 4.79 Å². The monoisotopic (exact) mass is 404 g/mol. The van der Waals surface area contributed by atoms with Crippen molar-refractivity contribution in [3.8, 4) is 11.1 Å². The second-order valence-electron chi connectivity index (χ2n) is 7.96. The van der Waals surface area contributed by atoms with E-state index >= 15 is 0 Å². The summed E-state index contributed by atoms with van der Waals surface area (Å²) < 4.78 is 0. The molecule has 0 bridgehead atoms. The minimum Gasteiger partial charge on any atom is -0.343 e. The molecule has 152 valence electrons. The smallest absolute Gasteiger partial charge is 0.258 e. The maximum Gasteiger partial charge on any atom is 0.258 e. The number of hydrogen-bond donors (Lipinski definition) is 0. The van der Waals surface area contributed by atoms with Crippen molar-refractivity contribution in [3.05, 3.63) is 114 Å². The highest BCUT2D eigenvalue weighted by molar-refractivity contribution is 6.08. The summed E-state index contributed by atoms with van der Waals surface area (Å²) >= 11 is 0. The van der Waals surface area contributed by atoms with Crippen molar-refractivity contribution in [3.63, 3.8) is 0 Å². The maximum atomic E-state index is 13.7. The Bertz CT molecular complexity index is 1260. The molecular weight excluding hydrogens is 380 g/mol. The van der Waals surface area contributed by atoms with Crippen LogP contribution in [-0.4, -0.2) is 13.0 Å². The SMILES string of the molecule is Cc1ccccc1-c1ccc(C(=O)N2Cc3ccccc3N(C)c3ccccc32)cc1. The second-order valence-corrected chi connectivity index (χ2v) is 7.96. The molecule has 1 heterocycles. The molecule has 31 heavy (non-hydrogen) atoms. The molecule has 0 unspecified atom stereocenters. The van der Waals surface area contributed by atoms with Gasteiger partial charge in [-0.2, -0.15) is 0 Å². The average molecular weight is 405 g/mol. The predicted octanol–water partition coefficient (Wildman–Crippen LogP) is 6.59. The zero-order chi connectivity index (χ0) is 21.4. The molecule has 0 saturated carbocycles. The molecule has 4 aromatic rings. The summed E-state index contributed by atoms with van der Waals surface area (Å²) in [5, 5.41) is 0. The minimum atomic E-state index is 0.00823. The van der Waals surface area contributed by atoms with Crippen LogP contribution in [0.2, 0.25) is 0 Å². The lowest BCUT2D eigenvalue weighted by atomic mass is 9.99. The van der Waals surface area contributed by atoms with Crippen LogP contribution in [0.5, 0.6) is 0 Å². The van der Waals surface area contributed by atoms with Crippen molar-refractivity contribution in [1.29, 1.82) is 0 Å². The Labute approximate surface area is 183 Å². The largest absolute Gasteiger partial charge is 0.343 e. The van der Waals surface area contributed by atoms with Crippen LogP contribution in [0, 0.1) is 6.92 Å². The number of para-hydroxylation sites is 3. The molecule has 1 aliphatic rings. The lowest BCUT2D eigenvalue weighted by Crippen LogP contribution is -2.30. The van der Waals surface area contributed by atoms with Gasteiger partial charge in [0.05, 0.1) is 17.9 Å². The molecule has 4 aromatic carbocycles. The van der Waals surface area contributed by atoms with E-state index in [-0.39, 0.29) is 5.91 Å². The Morgan fingerprint density at radius 1 is 0.710 bits per heavy atom. The number of rotatable bonds is 2. The fourth-order valence-corrected chi connectivity index (χ4v) is 4.36. The van der Waals surface area contributed by atoms with Crippen LogP contribution in [0.25, 0.3) is 11.1 Å². The standard InChI is InChI=1S/C28H24N2O/c1-20-9-3-5-11-24(20)21-15-17-22(18-16-21)28(31)30-19-23-10-4-6-12-25(23)29(2)26-13-7-8-14-27(26)30/h3-18H,19H2,1-2H3. The quantitative estimate of drug-likeness (QED) is 0.376. The molecule has 0 spiro atoms. The number of anilines is 3. The molecule has 5 rings (SSSR count). The number of amides is 1. The maximum absolute atomic E-state index is 13.7. The zero-order valence-corrected chi connectivity index (χ0v) is 17.7. The van der Waals surface area contributed by atoms with Crippen LogP contribution >= 0.6 is 0 Å². The highest BCUT2D eigenvalue weighted by Crippen LogP contribution is 2.40. The molecular formula is C28H24N2O. The number of fused-ring (bicyclic) bond motifs is 2. The summed E-state index contributed by atoms with van der Waals surface area (Å²) in [4.78, 5) is 17.7. The van der Waals surface area contributed by atoms with E-state index < -0.39 is 0 Å². The zero-order valence-electron chi connectivity index (χ0n) is 17.7. The van der Waals surface area contributed by atoms with Gasteiger partial charge in [-0.25, -0.2) is 0 Å². The molecule has 3 heteroatoms. The molecule has 0 atom stereocenters. The van der Waals surface area contributed by atoms with Crippen LogP contribution in [-0.2, 0) is 6.54 Å². The molecule has 0 aromatic heterocycles. The summed E-state index contributed by atoms with van der Waals surface area (Å²) in [6, 6.07) is 32.6. The van der Waals surface area contributed by atoms with Gasteiger partial charge in [0.25, 0.3) is 5.91 Å². The summed E-state index contributed by atoms with van der Waals surface area (Å²) in [7, 11) is 2.06. The Kier molecular flexibility index (Phi) is 4.79. The highest BCUT2D eigenvalue weighted by Gasteiger charge is 2.27. The third-order valence-electron chi connectivity index (χ3n) is 6.05. The summed E-state index contributed by atoms with van der Waals surface area (Å²) in [6.45, 7) is 2.65. The van der Waals surface area contributed by atoms with Gasteiger partial charge in [-0.1, -0.05) is 66.7 Å². The van der Waals surface area contributed by atoms with Crippen LogP contribution in [0.3, 0.4) is 0 Å². The molecule has 0 saturated heterocycles. The fraction of sp³-hybridized carbons (Fsp3) is 0.107. The van der Waals surface area contributed by atoms with Crippen molar-refractivity contribution >= 4 is 23.0 Å². The van der Waals surface area contributed by atoms with Crippen LogP contribution in [0.4, 0.5) is 17.1 Å². The van der Waals surface area contributed by atoms with Crippen molar-refractivity contribution in [1.82, 2.24) is 0 Å². The normalized spacial score (nSPS) is 12.7. The Hall–Kier alpha value is -3.85. The Balaban J connectivity index is 1.54. The van der Waals surface area contributed by atoms with Crippen molar-refractivity contribution < 1.29 is 4.79 Å². The summed E-state index contributed by atoms with van der Waals surface area (Å²) in [5.41, 5.74) is 8.43. The Morgan fingerprint density at radius 2 is 1.32 bits per heavy atom. The number of aryl methyl sites for hydroxylation is 1. The molecule has 0 N–H and O–H groups in total. The number of carbonyl (C=O) groups is 1. The van der Waals surface area contributed by atoms with Crippen molar-refractivity contribution in [2.24, 2.45) is 0 Å². The van der Waals surface area contributed by atoms with Gasteiger partial charge >= 0.3 is 0 Å². The molecule has 0 aliphatic carbocycles. The average Bonchev–Trinajstić information content (AvgIpc) is 2.94. The third-order valence-corrected chi connectivity index (χ3v) is 6.05. The van der Waals surface area contributed by atoms with Crippen molar-refractivity contribution in [2.75, 3.05) is 16.8 Å². The van der Waals surface area contributed by atoms with E-state index in [9.17, 15) is 4.79 Å². The predicted molar refractivity (Wildman–Crippen MR) is 128 cm³/mol. The first-order valence-electron chi connectivity index (χ1n) is 10.5. The van der Waals surface area contributed by atoms with Gasteiger partial charge in [-0.15, -0.1) is 0 Å². The van der Waals surface area contributed by atoms with Crippen LogP contribution in [0.15, 0.2) is 97.1 Å². The van der Waals surface area contributed by atoms with E-state index in [2.05, 4.69) is 49.2 Å². The second kappa shape index (κ2) is 7.77. The van der Waals surface area contributed by atoms with E-state index in [1.807, 2.05) is 71.6 Å². The number of nitrogens with zero attached hydrogens (tertiary/aromatic N) is 2. The van der Waals surface area contributed by atoms with Gasteiger partial charge in [-0.05, 0) is 59.5 Å². The van der Waals surface area contributed by atoms with Gasteiger partial charge in [0.15, 0.2) is 0 Å². The minimum absolute atomic E-state index is 0.00823. The first kappa shape index (κ1) is 19.1. The molecule has 0 radical (unpaired) electrons. The molecule has 1 aliphatic heterocycles. The van der Waals surface area contributed by atoms with E-state index in [0.29, 0.717) is 12.1 Å². The molecule has 0 fully saturated rings. The van der Waals surface area contributed by atoms with Gasteiger partial charge in [0.2, 0.25) is 0 Å². The molecule has 1 amide bonds. The number of carbonyl (C=O) groups excluding carboxylic acids is 1. The summed E-state index contributed by atoms with van der Waals surface area (Å²) in [6.07, 6.45) is 0. The summed E-state index contributed by atoms with van der Waals surface area (Å²) in [5.74, 6) is 0.00823. The van der Waals surface area contributed by atoms with E-state index in [4.69, 9.17) is 0 Å². The Morgan fingerprint density at radius 3 is 2.06 bits per heavy atom. The number of benzene rings is 4. The highest BCUT2D eigenvalue weighted by atomic mass is 16.2. The number of hydrogen-bond acceptors (Lipinski definition) is 2. The van der Waals surface area contributed by atoms with Crippen LogP contribution < -0.4 is 9.80 Å².